The molecule has 0 aromatic heterocycles. The molecule has 0 spiro atoms. The molecule has 0 saturated carbocycles. The summed E-state index contributed by atoms with van der Waals surface area (Å²) in [6.07, 6.45) is 1.60. The van der Waals surface area contributed by atoms with E-state index in [1.807, 2.05) is 0 Å². The number of nitro benzene ring substituents is 1. The molecule has 0 atom stereocenters. The normalized spacial score (nSPS) is 16.0. The van der Waals surface area contributed by atoms with E-state index in [-0.39, 0.29) is 41.6 Å². The van der Waals surface area contributed by atoms with Gasteiger partial charge in [0.2, 0.25) is 6.79 Å². The zero-order chi connectivity index (χ0) is 22.8. The molecular formula is C21H17N3O7S. The summed E-state index contributed by atoms with van der Waals surface area (Å²) in [4.78, 5) is 49.1. The molecule has 10 nitrogen and oxygen atoms in total. The Hall–Kier alpha value is -3.86. The van der Waals surface area contributed by atoms with Crippen molar-refractivity contribution < 1.29 is 28.8 Å². The third-order valence-corrected chi connectivity index (χ3v) is 5.84. The van der Waals surface area contributed by atoms with Gasteiger partial charge >= 0.3 is 0 Å². The number of fused-ring (bicyclic) bond motifs is 1. The number of ether oxygens (including phenoxy) is 2. The van der Waals surface area contributed by atoms with Crippen molar-refractivity contribution >= 4 is 40.6 Å². The first-order valence-electron chi connectivity index (χ1n) is 9.52. The van der Waals surface area contributed by atoms with Crippen LogP contribution in [0.15, 0.2) is 41.3 Å². The molecular weight excluding hydrogens is 438 g/mol. The van der Waals surface area contributed by atoms with Crippen LogP contribution in [0, 0.1) is 17.0 Å². The van der Waals surface area contributed by atoms with Crippen LogP contribution in [0.2, 0.25) is 0 Å². The second-order valence-corrected chi connectivity index (χ2v) is 7.90. The molecule has 1 N–H and O–H groups in total. The number of imide groups is 1. The lowest BCUT2D eigenvalue weighted by molar-refractivity contribution is -0.385. The van der Waals surface area contributed by atoms with Crippen molar-refractivity contribution in [1.29, 1.82) is 0 Å². The first-order valence-corrected chi connectivity index (χ1v) is 10.3. The van der Waals surface area contributed by atoms with Crippen LogP contribution in [0.1, 0.15) is 21.5 Å². The van der Waals surface area contributed by atoms with Crippen LogP contribution in [0.5, 0.6) is 11.5 Å². The van der Waals surface area contributed by atoms with E-state index in [9.17, 15) is 24.5 Å². The Bertz CT molecular complexity index is 1180. The van der Waals surface area contributed by atoms with Gasteiger partial charge in [0, 0.05) is 30.3 Å². The lowest BCUT2D eigenvalue weighted by Gasteiger charge is -2.13. The van der Waals surface area contributed by atoms with Crippen molar-refractivity contribution in [2.75, 3.05) is 19.9 Å². The van der Waals surface area contributed by atoms with E-state index in [0.29, 0.717) is 17.1 Å². The summed E-state index contributed by atoms with van der Waals surface area (Å²) in [6, 6.07) is 9.42. The van der Waals surface area contributed by atoms with E-state index >= 15 is 0 Å². The summed E-state index contributed by atoms with van der Waals surface area (Å²) >= 11 is 0.812. The van der Waals surface area contributed by atoms with Crippen molar-refractivity contribution in [2.24, 2.45) is 0 Å². The number of hydrogen-bond acceptors (Lipinski definition) is 8. The number of hydrogen-bond donors (Lipinski definition) is 1. The highest BCUT2D eigenvalue weighted by Crippen LogP contribution is 2.36. The molecule has 0 radical (unpaired) electrons. The largest absolute Gasteiger partial charge is 0.454 e. The smallest absolute Gasteiger partial charge is 0.293 e. The number of amides is 3. The standard InChI is InChI=1S/C21H17N3O7S/c1-12-14(3-2-4-15(12)24(28)29)19(25)22-7-8-23-20(26)18(32-21(23)27)10-13-5-6-16-17(9-13)31-11-30-16/h2-6,9-10H,7-8,11H2,1H3,(H,22,25)/b18-10-. The van der Waals surface area contributed by atoms with Crippen LogP contribution in [0.25, 0.3) is 6.08 Å². The molecule has 2 aliphatic heterocycles. The second-order valence-electron chi connectivity index (χ2n) is 6.91. The van der Waals surface area contributed by atoms with Gasteiger partial charge in [-0.05, 0) is 48.5 Å². The number of benzene rings is 2. The van der Waals surface area contributed by atoms with E-state index in [2.05, 4.69) is 5.32 Å². The Morgan fingerprint density at radius 2 is 2.03 bits per heavy atom. The first-order chi connectivity index (χ1) is 15.3. The fraction of sp³-hybridized carbons (Fsp3) is 0.190. The summed E-state index contributed by atoms with van der Waals surface area (Å²) in [5.74, 6) is 0.203. The fourth-order valence-corrected chi connectivity index (χ4v) is 4.16. The van der Waals surface area contributed by atoms with E-state index in [1.54, 1.807) is 24.3 Å². The predicted molar refractivity (Wildman–Crippen MR) is 115 cm³/mol. The van der Waals surface area contributed by atoms with Crippen molar-refractivity contribution in [3.05, 3.63) is 68.1 Å². The number of nitrogens with zero attached hydrogens (tertiary/aromatic N) is 2. The summed E-state index contributed by atoms with van der Waals surface area (Å²) < 4.78 is 10.6. The predicted octanol–water partition coefficient (Wildman–Crippen LogP) is 3.10. The van der Waals surface area contributed by atoms with Gasteiger partial charge in [0.05, 0.1) is 9.83 Å². The molecule has 2 aliphatic rings. The molecule has 0 unspecified atom stereocenters. The summed E-state index contributed by atoms with van der Waals surface area (Å²) in [7, 11) is 0. The first kappa shape index (κ1) is 21.4. The van der Waals surface area contributed by atoms with E-state index in [1.165, 1.54) is 25.1 Å². The number of carbonyl (C=O) groups excluding carboxylic acids is 3. The molecule has 11 heteroatoms. The molecule has 0 aliphatic carbocycles. The van der Waals surface area contributed by atoms with Crippen LogP contribution < -0.4 is 14.8 Å². The number of rotatable bonds is 6. The highest BCUT2D eigenvalue weighted by molar-refractivity contribution is 8.18. The van der Waals surface area contributed by atoms with Gasteiger partial charge in [-0.2, -0.15) is 0 Å². The Labute approximate surface area is 186 Å². The van der Waals surface area contributed by atoms with Crippen LogP contribution in [-0.2, 0) is 4.79 Å². The maximum absolute atomic E-state index is 12.6. The molecule has 3 amide bonds. The minimum atomic E-state index is -0.557. The van der Waals surface area contributed by atoms with Crippen LogP contribution in [0.3, 0.4) is 0 Å². The van der Waals surface area contributed by atoms with Gasteiger partial charge in [-0.15, -0.1) is 0 Å². The third kappa shape index (κ3) is 4.14. The highest BCUT2D eigenvalue weighted by Gasteiger charge is 2.34. The molecule has 0 bridgehead atoms. The van der Waals surface area contributed by atoms with E-state index < -0.39 is 22.0 Å². The average molecular weight is 455 g/mol. The van der Waals surface area contributed by atoms with Gasteiger partial charge in [0.25, 0.3) is 22.7 Å². The Morgan fingerprint density at radius 1 is 1.25 bits per heavy atom. The van der Waals surface area contributed by atoms with Crippen LogP contribution >= 0.6 is 11.8 Å². The average Bonchev–Trinajstić information content (AvgIpc) is 3.33. The highest BCUT2D eigenvalue weighted by atomic mass is 32.2. The summed E-state index contributed by atoms with van der Waals surface area (Å²) in [5.41, 5.74) is 0.940. The Morgan fingerprint density at radius 3 is 2.81 bits per heavy atom. The van der Waals surface area contributed by atoms with E-state index in [0.717, 1.165) is 16.7 Å². The van der Waals surface area contributed by atoms with Crippen molar-refractivity contribution in [3.8, 4) is 11.5 Å². The minimum Gasteiger partial charge on any atom is -0.454 e. The maximum atomic E-state index is 12.6. The van der Waals surface area contributed by atoms with Crippen LogP contribution in [0.4, 0.5) is 10.5 Å². The van der Waals surface area contributed by atoms with Crippen molar-refractivity contribution in [3.63, 3.8) is 0 Å². The third-order valence-electron chi connectivity index (χ3n) is 4.94. The summed E-state index contributed by atoms with van der Waals surface area (Å²) in [5, 5.41) is 13.2. The van der Waals surface area contributed by atoms with Crippen molar-refractivity contribution in [2.45, 2.75) is 6.92 Å². The van der Waals surface area contributed by atoms with E-state index in [4.69, 9.17) is 9.47 Å². The maximum Gasteiger partial charge on any atom is 0.293 e. The zero-order valence-electron chi connectivity index (χ0n) is 16.8. The SMILES string of the molecule is Cc1c(C(=O)NCCN2C(=O)S/C(=C\c3ccc4c(c3)OCO4)C2=O)cccc1[N+](=O)[O-]. The number of thioether (sulfide) groups is 1. The Kier molecular flexibility index (Phi) is 5.82. The van der Waals surface area contributed by atoms with Crippen LogP contribution in [-0.4, -0.2) is 46.8 Å². The molecule has 1 saturated heterocycles. The topological polar surface area (TPSA) is 128 Å². The molecule has 32 heavy (non-hydrogen) atoms. The van der Waals surface area contributed by atoms with Gasteiger partial charge in [-0.3, -0.25) is 29.4 Å². The molecule has 164 valence electrons. The monoisotopic (exact) mass is 455 g/mol. The zero-order valence-corrected chi connectivity index (χ0v) is 17.6. The minimum absolute atomic E-state index is 0.0102. The fourth-order valence-electron chi connectivity index (χ4n) is 3.29. The lowest BCUT2D eigenvalue weighted by Crippen LogP contribution is -2.37. The van der Waals surface area contributed by atoms with Gasteiger partial charge in [0.15, 0.2) is 11.5 Å². The molecule has 1 fully saturated rings. The number of nitrogens with one attached hydrogen (secondary N) is 1. The van der Waals surface area contributed by atoms with Gasteiger partial charge in [-0.25, -0.2) is 0 Å². The van der Waals surface area contributed by atoms with Gasteiger partial charge in [-0.1, -0.05) is 12.1 Å². The number of carbonyl (C=O) groups is 3. The van der Waals surface area contributed by atoms with Gasteiger partial charge < -0.3 is 14.8 Å². The Balaban J connectivity index is 1.39. The molecule has 2 aromatic carbocycles. The number of nitro groups is 1. The van der Waals surface area contributed by atoms with Crippen molar-refractivity contribution in [1.82, 2.24) is 10.2 Å². The lowest BCUT2D eigenvalue weighted by atomic mass is 10.1. The second kappa shape index (κ2) is 8.71. The molecule has 4 rings (SSSR count). The summed E-state index contributed by atoms with van der Waals surface area (Å²) in [6.45, 7) is 1.61. The van der Waals surface area contributed by atoms with Gasteiger partial charge in [0.1, 0.15) is 0 Å². The molecule has 2 heterocycles. The molecule has 2 aromatic rings. The quantitative estimate of drug-likeness (QED) is 0.400.